The molecule has 7 nitrogen and oxygen atoms in total. The van der Waals surface area contributed by atoms with E-state index in [1.54, 1.807) is 43.3 Å². The number of imide groups is 2. The van der Waals surface area contributed by atoms with Crippen molar-refractivity contribution in [2.45, 2.75) is 25.7 Å². The van der Waals surface area contributed by atoms with Crippen molar-refractivity contribution in [1.82, 2.24) is 0 Å². The van der Waals surface area contributed by atoms with Crippen LogP contribution in [0.25, 0.3) is 6.08 Å². The molecule has 0 radical (unpaired) electrons. The first-order valence-electron chi connectivity index (χ1n) is 14.6. The summed E-state index contributed by atoms with van der Waals surface area (Å²) in [4.78, 5) is 58.8. The van der Waals surface area contributed by atoms with Gasteiger partial charge in [0.25, 0.3) is 0 Å². The summed E-state index contributed by atoms with van der Waals surface area (Å²) in [6.45, 7) is 5.44. The zero-order valence-electron chi connectivity index (χ0n) is 24.0. The topological polar surface area (TPSA) is 95.0 Å². The third-order valence-electron chi connectivity index (χ3n) is 10.1. The summed E-state index contributed by atoms with van der Waals surface area (Å²) in [5.41, 5.74) is 1.06. The lowest BCUT2D eigenvalue weighted by Crippen LogP contribution is -2.48. The monoisotopic (exact) mass is 644 g/mol. The van der Waals surface area contributed by atoms with Crippen molar-refractivity contribution in [2.24, 2.45) is 29.1 Å². The second-order valence-electron chi connectivity index (χ2n) is 12.3. The van der Waals surface area contributed by atoms with Crippen LogP contribution in [0.1, 0.15) is 36.8 Å². The number of phenols is 1. The first kappa shape index (κ1) is 29.4. The Morgan fingerprint density at radius 2 is 1.62 bits per heavy atom. The average Bonchev–Trinajstić information content (AvgIpc) is 3.39. The summed E-state index contributed by atoms with van der Waals surface area (Å²) < 4.78 is 14.1. The lowest BCUT2D eigenvalue weighted by atomic mass is 9.51. The minimum absolute atomic E-state index is 0.116. The normalized spacial score (nSPS) is 29.0. The van der Waals surface area contributed by atoms with Crippen molar-refractivity contribution in [3.63, 3.8) is 0 Å². The standard InChI is InChI=1S/C35H27Cl2FN2O5/c1-3-17-4-7-19(8-5-17)39-31(42)22-11-10-21-23(29(22)33(39)44)16-25-32(43)40(20-9-12-27(38)26(37)15-20)34(45)35(25,2)30(21)24-14-18(36)6-13-28(24)41/h3-10,12-15,22-23,25,29-30,41H,1,11,16H2,2H3/t22-,23+,25-,29-,30+,35+/m0/s1. The SMILES string of the molecule is C=Cc1ccc(N2C(=O)[C@H]3[C@H](CC=C4[C@H]3C[C@H]3C(=O)N(c5ccc(F)c(Cl)c5)C(=O)[C@@]3(C)[C@H]4c3cc(Cl)ccc3O)C2=O)cc1. The first-order valence-corrected chi connectivity index (χ1v) is 15.3. The first-order chi connectivity index (χ1) is 21.5. The molecule has 6 atom stereocenters. The van der Waals surface area contributed by atoms with Crippen LogP contribution in [0.2, 0.25) is 10.0 Å². The molecule has 2 aliphatic carbocycles. The molecule has 0 unspecified atom stereocenters. The van der Waals surface area contributed by atoms with E-state index in [1.807, 2.05) is 6.08 Å². The van der Waals surface area contributed by atoms with Gasteiger partial charge in [-0.25, -0.2) is 9.29 Å². The molecule has 3 fully saturated rings. The fourth-order valence-electron chi connectivity index (χ4n) is 8.00. The van der Waals surface area contributed by atoms with E-state index in [0.29, 0.717) is 21.8 Å². The van der Waals surface area contributed by atoms with E-state index < -0.39 is 52.6 Å². The van der Waals surface area contributed by atoms with Gasteiger partial charge in [0.15, 0.2) is 0 Å². The van der Waals surface area contributed by atoms with Crippen molar-refractivity contribution in [2.75, 3.05) is 9.80 Å². The molecule has 10 heteroatoms. The van der Waals surface area contributed by atoms with Gasteiger partial charge in [-0.1, -0.05) is 59.6 Å². The molecule has 7 rings (SSSR count). The van der Waals surface area contributed by atoms with Crippen LogP contribution in [0, 0.1) is 34.9 Å². The molecule has 2 heterocycles. The van der Waals surface area contributed by atoms with E-state index in [4.69, 9.17) is 23.2 Å². The molecule has 2 aliphatic heterocycles. The Balaban J connectivity index is 1.37. The highest BCUT2D eigenvalue weighted by Crippen LogP contribution is 2.64. The largest absolute Gasteiger partial charge is 0.508 e. The van der Waals surface area contributed by atoms with Gasteiger partial charge < -0.3 is 5.11 Å². The molecule has 4 amide bonds. The molecule has 3 aromatic carbocycles. The number of fused-ring (bicyclic) bond motifs is 4. The zero-order valence-corrected chi connectivity index (χ0v) is 25.6. The number of allylic oxidation sites excluding steroid dienone is 2. The summed E-state index contributed by atoms with van der Waals surface area (Å²) in [5, 5.41) is 11.2. The number of benzene rings is 3. The molecule has 4 aliphatic rings. The van der Waals surface area contributed by atoms with Gasteiger partial charge >= 0.3 is 0 Å². The average molecular weight is 646 g/mol. The predicted molar refractivity (Wildman–Crippen MR) is 168 cm³/mol. The van der Waals surface area contributed by atoms with Gasteiger partial charge in [0, 0.05) is 16.5 Å². The summed E-state index contributed by atoms with van der Waals surface area (Å²) >= 11 is 12.5. The van der Waals surface area contributed by atoms with Gasteiger partial charge in [-0.3, -0.25) is 24.1 Å². The van der Waals surface area contributed by atoms with Gasteiger partial charge in [-0.15, -0.1) is 0 Å². The van der Waals surface area contributed by atoms with Crippen molar-refractivity contribution in [3.8, 4) is 5.75 Å². The lowest BCUT2D eigenvalue weighted by Gasteiger charge is -2.49. The summed E-state index contributed by atoms with van der Waals surface area (Å²) in [6, 6.07) is 15.1. The Bertz CT molecular complexity index is 1870. The van der Waals surface area contributed by atoms with E-state index in [-0.39, 0.29) is 41.1 Å². The maximum absolute atomic E-state index is 14.4. The van der Waals surface area contributed by atoms with Gasteiger partial charge in [0.05, 0.1) is 39.6 Å². The van der Waals surface area contributed by atoms with E-state index in [9.17, 15) is 28.7 Å². The highest BCUT2D eigenvalue weighted by Gasteiger charge is 2.68. The van der Waals surface area contributed by atoms with Crippen molar-refractivity contribution >= 4 is 64.3 Å². The number of carbonyl (C=O) groups excluding carboxylic acids is 4. The molecule has 228 valence electrons. The van der Waals surface area contributed by atoms with E-state index in [1.165, 1.54) is 29.2 Å². The van der Waals surface area contributed by atoms with Crippen LogP contribution in [0.5, 0.6) is 5.75 Å². The van der Waals surface area contributed by atoms with E-state index in [0.717, 1.165) is 16.5 Å². The Kier molecular flexibility index (Phi) is 6.80. The molecule has 45 heavy (non-hydrogen) atoms. The fraction of sp³-hybridized carbons (Fsp3) is 0.257. The summed E-state index contributed by atoms with van der Waals surface area (Å²) in [6.07, 6.45) is 3.93. The number of anilines is 2. The van der Waals surface area contributed by atoms with Gasteiger partial charge in [-0.2, -0.15) is 0 Å². The molecule has 1 saturated carbocycles. The van der Waals surface area contributed by atoms with Crippen LogP contribution in [-0.4, -0.2) is 28.7 Å². The zero-order chi connectivity index (χ0) is 31.9. The van der Waals surface area contributed by atoms with Crippen molar-refractivity contribution < 1.29 is 28.7 Å². The summed E-state index contributed by atoms with van der Waals surface area (Å²) in [7, 11) is 0. The van der Waals surface area contributed by atoms with Gasteiger partial charge in [0.1, 0.15) is 11.6 Å². The van der Waals surface area contributed by atoms with E-state index >= 15 is 0 Å². The minimum atomic E-state index is -1.40. The molecule has 0 spiro atoms. The molecule has 3 aromatic rings. The van der Waals surface area contributed by atoms with Gasteiger partial charge in [-0.05, 0) is 79.8 Å². The van der Waals surface area contributed by atoms with Crippen molar-refractivity contribution in [1.29, 1.82) is 0 Å². The highest BCUT2D eigenvalue weighted by molar-refractivity contribution is 6.32. The molecule has 0 aromatic heterocycles. The number of amides is 4. The number of carbonyl (C=O) groups is 4. The molecular formula is C35H27Cl2FN2O5. The van der Waals surface area contributed by atoms with Crippen LogP contribution in [-0.2, 0) is 19.2 Å². The highest BCUT2D eigenvalue weighted by atomic mass is 35.5. The Hall–Kier alpha value is -4.27. The quantitative estimate of drug-likeness (QED) is 0.246. The number of halogens is 3. The third-order valence-corrected chi connectivity index (χ3v) is 10.6. The molecule has 1 N–H and O–H groups in total. The lowest BCUT2D eigenvalue weighted by molar-refractivity contribution is -0.131. The van der Waals surface area contributed by atoms with Crippen molar-refractivity contribution in [3.05, 3.63) is 106 Å². The van der Waals surface area contributed by atoms with Crippen LogP contribution in [0.4, 0.5) is 15.8 Å². The number of hydrogen-bond donors (Lipinski definition) is 1. The minimum Gasteiger partial charge on any atom is -0.508 e. The molecular weight excluding hydrogens is 618 g/mol. The fourth-order valence-corrected chi connectivity index (χ4v) is 8.36. The molecule has 0 bridgehead atoms. The number of hydrogen-bond acceptors (Lipinski definition) is 5. The number of nitrogens with zero attached hydrogens (tertiary/aromatic N) is 2. The van der Waals surface area contributed by atoms with Gasteiger partial charge in [0.2, 0.25) is 23.6 Å². The van der Waals surface area contributed by atoms with Crippen LogP contribution in [0.3, 0.4) is 0 Å². The Morgan fingerprint density at radius 3 is 2.31 bits per heavy atom. The maximum Gasteiger partial charge on any atom is 0.241 e. The Morgan fingerprint density at radius 1 is 0.911 bits per heavy atom. The number of phenolic OH excluding ortho intramolecular Hbond substituents is 1. The number of aromatic hydroxyl groups is 1. The smallest absolute Gasteiger partial charge is 0.241 e. The van der Waals surface area contributed by atoms with Crippen LogP contribution in [0.15, 0.2) is 78.9 Å². The summed E-state index contributed by atoms with van der Waals surface area (Å²) in [5.74, 6) is -6.34. The Labute approximate surface area is 268 Å². The number of rotatable bonds is 4. The predicted octanol–water partition coefficient (Wildman–Crippen LogP) is 6.92. The van der Waals surface area contributed by atoms with Crippen LogP contribution < -0.4 is 9.80 Å². The molecule has 2 saturated heterocycles. The van der Waals surface area contributed by atoms with Crippen LogP contribution >= 0.6 is 23.2 Å². The second kappa shape index (κ2) is 10.4. The van der Waals surface area contributed by atoms with E-state index in [2.05, 4.69) is 6.58 Å². The second-order valence-corrected chi connectivity index (χ2v) is 13.1. The maximum atomic E-state index is 14.4. The third kappa shape index (κ3) is 4.15.